The molecule has 0 spiro atoms. The molecule has 2 atom stereocenters. The summed E-state index contributed by atoms with van der Waals surface area (Å²) >= 11 is 0. The highest BCUT2D eigenvalue weighted by Gasteiger charge is 2.29. The Labute approximate surface area is 132 Å². The number of aromatic nitrogens is 1. The van der Waals surface area contributed by atoms with Crippen LogP contribution in [0.2, 0.25) is 0 Å². The number of pyridine rings is 1. The van der Waals surface area contributed by atoms with E-state index in [0.717, 1.165) is 25.1 Å². The fourth-order valence-electron chi connectivity index (χ4n) is 2.52. The predicted octanol–water partition coefficient (Wildman–Crippen LogP) is 3.56. The third-order valence-corrected chi connectivity index (χ3v) is 3.53. The summed E-state index contributed by atoms with van der Waals surface area (Å²) in [4.78, 5) is 18.2. The summed E-state index contributed by atoms with van der Waals surface area (Å²) in [7, 11) is 0. The van der Waals surface area contributed by atoms with E-state index in [1.807, 2.05) is 45.9 Å². The van der Waals surface area contributed by atoms with Crippen LogP contribution in [-0.4, -0.2) is 40.8 Å². The number of amides is 1. The van der Waals surface area contributed by atoms with Gasteiger partial charge in [-0.25, -0.2) is 4.79 Å². The van der Waals surface area contributed by atoms with Crippen molar-refractivity contribution in [1.82, 2.24) is 9.88 Å². The Bertz CT molecular complexity index is 484. The summed E-state index contributed by atoms with van der Waals surface area (Å²) in [6.45, 7) is 8.94. The number of carbonyl (C=O) groups is 1. The molecule has 1 aromatic rings. The summed E-state index contributed by atoms with van der Waals surface area (Å²) in [6.07, 6.45) is 3.34. The maximum atomic E-state index is 12.2. The summed E-state index contributed by atoms with van der Waals surface area (Å²) in [5.74, 6) is 0. The molecule has 0 radical (unpaired) electrons. The van der Waals surface area contributed by atoms with Crippen molar-refractivity contribution in [2.75, 3.05) is 13.1 Å². The fourth-order valence-corrected chi connectivity index (χ4v) is 2.52. The topological polar surface area (TPSA) is 51.7 Å². The van der Waals surface area contributed by atoms with Crippen molar-refractivity contribution < 1.29 is 14.3 Å². The van der Waals surface area contributed by atoms with Crippen LogP contribution in [0.25, 0.3) is 0 Å². The Hall–Kier alpha value is -1.62. The largest absolute Gasteiger partial charge is 0.444 e. The van der Waals surface area contributed by atoms with Crippen molar-refractivity contribution in [3.8, 4) is 0 Å². The highest BCUT2D eigenvalue weighted by molar-refractivity contribution is 5.68. The molecule has 1 fully saturated rings. The second-order valence-electron chi connectivity index (χ2n) is 6.72. The van der Waals surface area contributed by atoms with E-state index < -0.39 is 5.60 Å². The number of rotatable bonds is 3. The zero-order chi connectivity index (χ0) is 16.2. The Morgan fingerprint density at radius 3 is 2.82 bits per heavy atom. The number of nitrogens with zero attached hydrogens (tertiary/aromatic N) is 2. The van der Waals surface area contributed by atoms with Crippen LogP contribution in [-0.2, 0) is 9.47 Å². The van der Waals surface area contributed by atoms with Gasteiger partial charge < -0.3 is 14.4 Å². The van der Waals surface area contributed by atoms with E-state index in [-0.39, 0.29) is 18.3 Å². The van der Waals surface area contributed by atoms with Gasteiger partial charge in [0.2, 0.25) is 0 Å². The Balaban J connectivity index is 1.89. The number of piperidine rings is 1. The van der Waals surface area contributed by atoms with Gasteiger partial charge in [-0.3, -0.25) is 4.98 Å². The van der Waals surface area contributed by atoms with Crippen LogP contribution in [0.4, 0.5) is 4.79 Å². The quantitative estimate of drug-likeness (QED) is 0.857. The van der Waals surface area contributed by atoms with Gasteiger partial charge >= 0.3 is 6.09 Å². The van der Waals surface area contributed by atoms with Crippen molar-refractivity contribution in [3.63, 3.8) is 0 Å². The normalized spacial score (nSPS) is 20.5. The van der Waals surface area contributed by atoms with Crippen LogP contribution in [0.5, 0.6) is 0 Å². The van der Waals surface area contributed by atoms with Gasteiger partial charge in [0.05, 0.1) is 24.4 Å². The van der Waals surface area contributed by atoms with Crippen LogP contribution < -0.4 is 0 Å². The van der Waals surface area contributed by atoms with Gasteiger partial charge in [0, 0.05) is 12.7 Å². The van der Waals surface area contributed by atoms with Gasteiger partial charge in [-0.05, 0) is 52.7 Å². The first-order valence-electron chi connectivity index (χ1n) is 7.89. The minimum atomic E-state index is -0.466. The maximum absolute atomic E-state index is 12.2. The van der Waals surface area contributed by atoms with Crippen molar-refractivity contribution in [3.05, 3.63) is 30.1 Å². The standard InChI is InChI=1S/C17H26N2O3/c1-13(15-9-5-6-10-18-15)21-14-8-7-11-19(12-14)16(20)22-17(2,3)4/h5-6,9-10,13-14H,7-8,11-12H2,1-4H3/t13?,14-/m0/s1. The molecular formula is C17H26N2O3. The summed E-state index contributed by atoms with van der Waals surface area (Å²) in [5, 5.41) is 0. The van der Waals surface area contributed by atoms with Crippen molar-refractivity contribution >= 4 is 6.09 Å². The van der Waals surface area contributed by atoms with Crippen molar-refractivity contribution in [2.45, 2.75) is 58.3 Å². The first-order valence-corrected chi connectivity index (χ1v) is 7.89. The van der Waals surface area contributed by atoms with E-state index in [0.29, 0.717) is 6.54 Å². The molecule has 122 valence electrons. The first kappa shape index (κ1) is 16.7. The van der Waals surface area contributed by atoms with E-state index in [2.05, 4.69) is 4.98 Å². The number of ether oxygens (including phenoxy) is 2. The second-order valence-corrected chi connectivity index (χ2v) is 6.72. The molecule has 1 amide bonds. The van der Waals surface area contributed by atoms with Crippen molar-refractivity contribution in [2.24, 2.45) is 0 Å². The van der Waals surface area contributed by atoms with Gasteiger partial charge in [-0.15, -0.1) is 0 Å². The Morgan fingerprint density at radius 1 is 1.41 bits per heavy atom. The van der Waals surface area contributed by atoms with Gasteiger partial charge in [0.15, 0.2) is 0 Å². The molecule has 5 nitrogen and oxygen atoms in total. The van der Waals surface area contributed by atoms with Gasteiger partial charge in [-0.2, -0.15) is 0 Å². The van der Waals surface area contributed by atoms with E-state index in [4.69, 9.17) is 9.47 Å². The molecule has 2 heterocycles. The maximum Gasteiger partial charge on any atom is 0.410 e. The summed E-state index contributed by atoms with van der Waals surface area (Å²) in [5.41, 5.74) is 0.448. The molecule has 0 saturated carbocycles. The Kier molecular flexibility index (Phi) is 5.40. The van der Waals surface area contributed by atoms with Gasteiger partial charge in [-0.1, -0.05) is 6.07 Å². The average molecular weight is 306 g/mol. The average Bonchev–Trinajstić information content (AvgIpc) is 2.46. The minimum Gasteiger partial charge on any atom is -0.444 e. The van der Waals surface area contributed by atoms with E-state index in [1.165, 1.54) is 0 Å². The van der Waals surface area contributed by atoms with E-state index in [1.54, 1.807) is 11.1 Å². The number of carbonyl (C=O) groups excluding carboxylic acids is 1. The molecule has 1 aromatic heterocycles. The minimum absolute atomic E-state index is 0.0262. The molecule has 1 saturated heterocycles. The van der Waals surface area contributed by atoms with Gasteiger partial charge in [0.25, 0.3) is 0 Å². The highest BCUT2D eigenvalue weighted by Crippen LogP contribution is 2.22. The van der Waals surface area contributed by atoms with Crippen LogP contribution in [0.15, 0.2) is 24.4 Å². The van der Waals surface area contributed by atoms with Gasteiger partial charge in [0.1, 0.15) is 5.60 Å². The zero-order valence-corrected chi connectivity index (χ0v) is 13.9. The lowest BCUT2D eigenvalue weighted by atomic mass is 10.1. The fraction of sp³-hybridized carbons (Fsp3) is 0.647. The predicted molar refractivity (Wildman–Crippen MR) is 84.6 cm³/mol. The second kappa shape index (κ2) is 7.09. The molecule has 0 N–H and O–H groups in total. The number of likely N-dealkylation sites (tertiary alicyclic amines) is 1. The highest BCUT2D eigenvalue weighted by atomic mass is 16.6. The smallest absolute Gasteiger partial charge is 0.410 e. The molecule has 5 heteroatoms. The van der Waals surface area contributed by atoms with Crippen LogP contribution >= 0.6 is 0 Å². The molecule has 1 aliphatic heterocycles. The van der Waals surface area contributed by atoms with Crippen LogP contribution in [0.3, 0.4) is 0 Å². The molecule has 0 bridgehead atoms. The summed E-state index contributed by atoms with van der Waals surface area (Å²) < 4.78 is 11.5. The summed E-state index contributed by atoms with van der Waals surface area (Å²) in [6, 6.07) is 5.80. The van der Waals surface area contributed by atoms with E-state index >= 15 is 0 Å². The molecule has 0 aromatic carbocycles. The molecule has 1 unspecified atom stereocenters. The van der Waals surface area contributed by atoms with E-state index in [9.17, 15) is 4.79 Å². The lowest BCUT2D eigenvalue weighted by Gasteiger charge is -2.35. The zero-order valence-electron chi connectivity index (χ0n) is 13.9. The molecule has 1 aliphatic rings. The lowest BCUT2D eigenvalue weighted by Crippen LogP contribution is -2.45. The molecular weight excluding hydrogens is 280 g/mol. The number of hydrogen-bond acceptors (Lipinski definition) is 4. The SMILES string of the molecule is CC(O[C@H]1CCCN(C(=O)OC(C)(C)C)C1)c1ccccn1. The van der Waals surface area contributed by atoms with Crippen LogP contribution in [0.1, 0.15) is 52.3 Å². The molecule has 22 heavy (non-hydrogen) atoms. The molecule has 2 rings (SSSR count). The number of hydrogen-bond donors (Lipinski definition) is 0. The third-order valence-electron chi connectivity index (χ3n) is 3.53. The lowest BCUT2D eigenvalue weighted by molar-refractivity contribution is -0.0497. The third kappa shape index (κ3) is 4.98. The van der Waals surface area contributed by atoms with Crippen molar-refractivity contribution in [1.29, 1.82) is 0 Å². The Morgan fingerprint density at radius 2 is 2.18 bits per heavy atom. The first-order chi connectivity index (χ1) is 10.3. The van der Waals surface area contributed by atoms with Crippen LogP contribution in [0, 0.1) is 0 Å². The molecule has 0 aliphatic carbocycles. The monoisotopic (exact) mass is 306 g/mol.